The quantitative estimate of drug-likeness (QED) is 0.247. The van der Waals surface area contributed by atoms with Gasteiger partial charge in [-0.1, -0.05) is 144 Å². The number of rotatable bonds is 16. The number of benzene rings is 2. The molecule has 0 saturated carbocycles. The third-order valence-corrected chi connectivity index (χ3v) is 5.70. The summed E-state index contributed by atoms with van der Waals surface area (Å²) < 4.78 is 0. The minimum Gasteiger partial charge on any atom is -0.296 e. The van der Waals surface area contributed by atoms with E-state index in [1.165, 1.54) is 69.0 Å². The van der Waals surface area contributed by atoms with Crippen molar-refractivity contribution < 1.29 is 0 Å². The van der Waals surface area contributed by atoms with Crippen molar-refractivity contribution in [3.63, 3.8) is 0 Å². The van der Waals surface area contributed by atoms with E-state index in [2.05, 4.69) is 104 Å². The second kappa shape index (κ2) is 16.6. The maximum atomic E-state index is 2.56. The molecule has 0 saturated heterocycles. The molecule has 0 atom stereocenters. The van der Waals surface area contributed by atoms with Crippen LogP contribution >= 0.6 is 0 Å². The van der Waals surface area contributed by atoms with Crippen LogP contribution in [-0.2, 0) is 0 Å². The van der Waals surface area contributed by atoms with Crippen molar-refractivity contribution in [3.05, 3.63) is 83.9 Å². The highest BCUT2D eigenvalue weighted by atomic mass is 15.1. The fourth-order valence-corrected chi connectivity index (χ4v) is 3.83. The summed E-state index contributed by atoms with van der Waals surface area (Å²) in [6.45, 7) is 7.84. The summed E-state index contributed by atoms with van der Waals surface area (Å²) in [5.41, 5.74) is 2.56. The Balaban J connectivity index is 1.70. The van der Waals surface area contributed by atoms with Crippen molar-refractivity contribution in [3.8, 4) is 0 Å². The molecule has 0 aliphatic heterocycles. The molecule has 1 nitrogen and oxygen atoms in total. The molecule has 0 unspecified atom stereocenters. The Labute approximate surface area is 191 Å². The maximum Gasteiger partial charge on any atom is 0.0169 e. The van der Waals surface area contributed by atoms with Gasteiger partial charge in [0.2, 0.25) is 0 Å². The van der Waals surface area contributed by atoms with E-state index in [1.807, 2.05) is 0 Å². The van der Waals surface area contributed by atoms with Crippen LogP contribution in [0.3, 0.4) is 0 Å². The van der Waals surface area contributed by atoms with Crippen molar-refractivity contribution in [2.24, 2.45) is 5.92 Å². The lowest BCUT2D eigenvalue weighted by atomic mass is 10.0. The Morgan fingerprint density at radius 3 is 1.55 bits per heavy atom. The molecule has 0 N–H and O–H groups in total. The second-order valence-corrected chi connectivity index (χ2v) is 9.04. The molecule has 0 heterocycles. The van der Waals surface area contributed by atoms with Gasteiger partial charge in [0.1, 0.15) is 0 Å². The van der Waals surface area contributed by atoms with Gasteiger partial charge in [0, 0.05) is 13.1 Å². The van der Waals surface area contributed by atoms with Gasteiger partial charge in [0.25, 0.3) is 0 Å². The fourth-order valence-electron chi connectivity index (χ4n) is 3.83. The highest BCUT2D eigenvalue weighted by molar-refractivity contribution is 5.49. The predicted molar refractivity (Wildman–Crippen MR) is 139 cm³/mol. The van der Waals surface area contributed by atoms with Crippen molar-refractivity contribution in [1.82, 2.24) is 4.90 Å². The van der Waals surface area contributed by atoms with E-state index in [1.54, 1.807) is 0 Å². The van der Waals surface area contributed by atoms with E-state index in [0.29, 0.717) is 0 Å². The SMILES string of the molecule is CC(C)CCCCCCCCCN(CC=Cc1ccccc1)CC=Cc1ccccc1. The van der Waals surface area contributed by atoms with Gasteiger partial charge in [-0.05, 0) is 30.0 Å². The average Bonchev–Trinajstić information content (AvgIpc) is 2.79. The molecule has 0 spiro atoms. The van der Waals surface area contributed by atoms with Crippen LogP contribution in [-0.4, -0.2) is 24.5 Å². The highest BCUT2D eigenvalue weighted by Gasteiger charge is 2.01. The molecule has 0 radical (unpaired) electrons. The normalized spacial score (nSPS) is 12.0. The Kier molecular flexibility index (Phi) is 13.4. The molecular weight excluding hydrogens is 374 g/mol. The molecule has 2 rings (SSSR count). The fraction of sp³-hybridized carbons (Fsp3) is 0.467. The van der Waals surface area contributed by atoms with Gasteiger partial charge in [-0.2, -0.15) is 0 Å². The van der Waals surface area contributed by atoms with Gasteiger partial charge in [-0.3, -0.25) is 4.90 Å². The van der Waals surface area contributed by atoms with Crippen molar-refractivity contribution in [2.45, 2.75) is 65.2 Å². The van der Waals surface area contributed by atoms with E-state index in [0.717, 1.165) is 19.0 Å². The van der Waals surface area contributed by atoms with Crippen LogP contribution in [0.2, 0.25) is 0 Å². The summed E-state index contributed by atoms with van der Waals surface area (Å²) in [6, 6.07) is 21.2. The molecule has 0 bridgehead atoms. The van der Waals surface area contributed by atoms with Gasteiger partial charge in [0.15, 0.2) is 0 Å². The van der Waals surface area contributed by atoms with Crippen molar-refractivity contribution in [2.75, 3.05) is 19.6 Å². The van der Waals surface area contributed by atoms with Gasteiger partial charge in [-0.25, -0.2) is 0 Å². The van der Waals surface area contributed by atoms with Crippen LogP contribution in [0, 0.1) is 5.92 Å². The molecule has 0 aromatic heterocycles. The summed E-state index contributed by atoms with van der Waals surface area (Å²) in [4.78, 5) is 2.56. The van der Waals surface area contributed by atoms with Gasteiger partial charge in [0.05, 0.1) is 0 Å². The summed E-state index contributed by atoms with van der Waals surface area (Å²) in [5, 5.41) is 0. The second-order valence-electron chi connectivity index (χ2n) is 9.04. The molecule has 0 aliphatic rings. The van der Waals surface area contributed by atoms with Gasteiger partial charge < -0.3 is 0 Å². The average molecular weight is 418 g/mol. The maximum absolute atomic E-state index is 2.56. The van der Waals surface area contributed by atoms with Gasteiger partial charge >= 0.3 is 0 Å². The summed E-state index contributed by atoms with van der Waals surface area (Å²) in [6.07, 6.45) is 20.2. The summed E-state index contributed by atoms with van der Waals surface area (Å²) >= 11 is 0. The Morgan fingerprint density at radius 1 is 0.613 bits per heavy atom. The molecule has 0 aliphatic carbocycles. The highest BCUT2D eigenvalue weighted by Crippen LogP contribution is 2.12. The van der Waals surface area contributed by atoms with Gasteiger partial charge in [-0.15, -0.1) is 0 Å². The van der Waals surface area contributed by atoms with Crippen molar-refractivity contribution >= 4 is 12.2 Å². The minimum atomic E-state index is 0.859. The smallest absolute Gasteiger partial charge is 0.0169 e. The lowest BCUT2D eigenvalue weighted by molar-refractivity contribution is 0.324. The monoisotopic (exact) mass is 417 g/mol. The number of hydrogen-bond acceptors (Lipinski definition) is 1. The first-order valence-electron chi connectivity index (χ1n) is 12.4. The Morgan fingerprint density at radius 2 is 1.06 bits per heavy atom. The number of unbranched alkanes of at least 4 members (excludes halogenated alkanes) is 6. The van der Waals surface area contributed by atoms with E-state index in [-0.39, 0.29) is 0 Å². The van der Waals surface area contributed by atoms with Crippen LogP contribution < -0.4 is 0 Å². The van der Waals surface area contributed by atoms with Crippen LogP contribution in [0.1, 0.15) is 76.3 Å². The standard InChI is InChI=1S/C30H43N/c1-28(2)18-10-6-4-3-5-7-15-25-31(26-16-23-29-19-11-8-12-20-29)27-17-24-30-21-13-9-14-22-30/h8-9,11-14,16-17,19-24,28H,3-7,10,15,18,25-27H2,1-2H3. The predicted octanol–water partition coefficient (Wildman–Crippen LogP) is 8.49. The largest absolute Gasteiger partial charge is 0.296 e. The van der Waals surface area contributed by atoms with Crippen LogP contribution in [0.4, 0.5) is 0 Å². The summed E-state index contributed by atoms with van der Waals surface area (Å²) in [5.74, 6) is 0.859. The van der Waals surface area contributed by atoms with Crippen LogP contribution in [0.5, 0.6) is 0 Å². The lowest BCUT2D eigenvalue weighted by Crippen LogP contribution is -2.25. The first kappa shape index (κ1) is 25.1. The third-order valence-electron chi connectivity index (χ3n) is 5.70. The molecule has 168 valence electrons. The molecule has 0 amide bonds. The first-order valence-corrected chi connectivity index (χ1v) is 12.4. The Bertz CT molecular complexity index is 663. The summed E-state index contributed by atoms with van der Waals surface area (Å²) in [7, 11) is 0. The molecule has 31 heavy (non-hydrogen) atoms. The van der Waals surface area contributed by atoms with E-state index in [9.17, 15) is 0 Å². The zero-order valence-electron chi connectivity index (χ0n) is 19.9. The zero-order valence-corrected chi connectivity index (χ0v) is 19.9. The van der Waals surface area contributed by atoms with E-state index >= 15 is 0 Å². The minimum absolute atomic E-state index is 0.859. The number of nitrogens with zero attached hydrogens (tertiary/aromatic N) is 1. The van der Waals surface area contributed by atoms with E-state index in [4.69, 9.17) is 0 Å². The topological polar surface area (TPSA) is 3.24 Å². The Hall–Kier alpha value is -2.12. The molecule has 0 fully saturated rings. The third kappa shape index (κ3) is 13.0. The van der Waals surface area contributed by atoms with Crippen LogP contribution in [0.15, 0.2) is 72.8 Å². The lowest BCUT2D eigenvalue weighted by Gasteiger charge is -2.19. The van der Waals surface area contributed by atoms with Crippen molar-refractivity contribution in [1.29, 1.82) is 0 Å². The first-order chi connectivity index (χ1) is 15.2. The zero-order chi connectivity index (χ0) is 22.0. The molecule has 2 aromatic carbocycles. The molecular formula is C30H43N. The number of hydrogen-bond donors (Lipinski definition) is 0. The van der Waals surface area contributed by atoms with E-state index < -0.39 is 0 Å². The molecule has 1 heteroatoms. The molecule has 2 aromatic rings. The van der Waals surface area contributed by atoms with Crippen LogP contribution in [0.25, 0.3) is 12.2 Å².